The van der Waals surface area contributed by atoms with Crippen LogP contribution in [0.1, 0.15) is 25.3 Å². The first-order valence-electron chi connectivity index (χ1n) is 6.48. The largest absolute Gasteiger partial charge is 0.483 e. The first-order valence-corrected chi connectivity index (χ1v) is 6.48. The third-order valence-electron chi connectivity index (χ3n) is 3.34. The molecule has 0 saturated carbocycles. The highest BCUT2D eigenvalue weighted by molar-refractivity contribution is 5.74. The van der Waals surface area contributed by atoms with Crippen LogP contribution in [0.25, 0.3) is 0 Å². The first-order chi connectivity index (χ1) is 9.95. The third-order valence-corrected chi connectivity index (χ3v) is 3.34. The van der Waals surface area contributed by atoms with Crippen molar-refractivity contribution in [1.29, 1.82) is 0 Å². The lowest BCUT2D eigenvalue weighted by atomic mass is 9.81. The number of piperidine rings is 1. The second-order valence-electron chi connectivity index (χ2n) is 4.75. The minimum atomic E-state index is -0.879. The molecular weight excluding hydrogens is 282 g/mol. The van der Waals surface area contributed by atoms with Gasteiger partial charge in [0, 0.05) is 6.92 Å². The van der Waals surface area contributed by atoms with Crippen LogP contribution < -0.4 is 10.6 Å². The predicted molar refractivity (Wildman–Crippen MR) is 72.6 cm³/mol. The fourth-order valence-electron chi connectivity index (χ4n) is 2.47. The summed E-state index contributed by atoms with van der Waals surface area (Å²) < 4.78 is 26.3. The molecule has 1 aliphatic heterocycles. The second-order valence-corrected chi connectivity index (χ2v) is 4.75. The summed E-state index contributed by atoms with van der Waals surface area (Å²) in [6.07, 6.45) is 1.33. The topological polar surface area (TPSA) is 78.4 Å². The van der Waals surface area contributed by atoms with Crippen LogP contribution >= 0.6 is 0 Å². The van der Waals surface area contributed by atoms with Gasteiger partial charge in [-0.2, -0.15) is 0 Å². The van der Waals surface area contributed by atoms with Crippen LogP contribution in [0.3, 0.4) is 0 Å². The number of halogens is 2. The van der Waals surface area contributed by atoms with E-state index in [-0.39, 0.29) is 12.4 Å². The molecule has 1 saturated heterocycles. The van der Waals surface area contributed by atoms with Crippen molar-refractivity contribution in [2.24, 2.45) is 0 Å². The van der Waals surface area contributed by atoms with Gasteiger partial charge in [0.2, 0.25) is 5.91 Å². The van der Waals surface area contributed by atoms with E-state index in [1.54, 1.807) is 6.07 Å². The molecule has 1 aliphatic rings. The maximum absolute atomic E-state index is 13.3. The Morgan fingerprint density at radius 3 is 2.38 bits per heavy atom. The zero-order valence-corrected chi connectivity index (χ0v) is 11.7. The Balaban J connectivity index is 0.000000677. The highest BCUT2D eigenvalue weighted by Gasteiger charge is 2.35. The van der Waals surface area contributed by atoms with Crippen molar-refractivity contribution in [3.63, 3.8) is 0 Å². The molecule has 0 radical (unpaired) electrons. The number of hydrogen-bond donors (Lipinski definition) is 3. The van der Waals surface area contributed by atoms with Crippen LogP contribution in [0, 0.1) is 11.6 Å². The van der Waals surface area contributed by atoms with E-state index in [0.29, 0.717) is 18.4 Å². The molecule has 0 bridgehead atoms. The zero-order chi connectivity index (χ0) is 15.9. The molecule has 1 heterocycles. The van der Waals surface area contributed by atoms with Crippen molar-refractivity contribution >= 4 is 12.4 Å². The van der Waals surface area contributed by atoms with Gasteiger partial charge >= 0.3 is 0 Å². The number of benzene rings is 1. The van der Waals surface area contributed by atoms with Crippen molar-refractivity contribution in [3.8, 4) is 0 Å². The van der Waals surface area contributed by atoms with E-state index in [0.717, 1.165) is 19.2 Å². The lowest BCUT2D eigenvalue weighted by molar-refractivity contribution is -0.123. The van der Waals surface area contributed by atoms with Crippen molar-refractivity contribution in [2.45, 2.75) is 25.3 Å². The van der Waals surface area contributed by atoms with Crippen LogP contribution in [-0.4, -0.2) is 30.6 Å². The van der Waals surface area contributed by atoms with Crippen molar-refractivity contribution in [1.82, 2.24) is 10.6 Å². The summed E-state index contributed by atoms with van der Waals surface area (Å²) in [6, 6.07) is 3.83. The van der Waals surface area contributed by atoms with Gasteiger partial charge in [-0.25, -0.2) is 8.78 Å². The number of carbonyl (C=O) groups is 2. The molecule has 1 aromatic rings. The lowest BCUT2D eigenvalue weighted by Gasteiger charge is -2.38. The number of rotatable bonds is 2. The second kappa shape index (κ2) is 7.68. The Morgan fingerprint density at radius 2 is 1.90 bits per heavy atom. The maximum atomic E-state index is 13.3. The van der Waals surface area contributed by atoms with Crippen molar-refractivity contribution in [2.75, 3.05) is 13.1 Å². The van der Waals surface area contributed by atoms with Gasteiger partial charge in [0.25, 0.3) is 6.47 Å². The van der Waals surface area contributed by atoms with Gasteiger partial charge in [-0.1, -0.05) is 6.07 Å². The van der Waals surface area contributed by atoms with E-state index in [1.807, 2.05) is 0 Å². The van der Waals surface area contributed by atoms with Gasteiger partial charge in [0.15, 0.2) is 11.6 Å². The van der Waals surface area contributed by atoms with Gasteiger partial charge in [-0.05, 0) is 43.6 Å². The SMILES string of the molecule is CC(=O)NC1(c2ccc(F)c(F)c2)CCNCC1.O=CO. The monoisotopic (exact) mass is 300 g/mol. The fraction of sp³-hybridized carbons (Fsp3) is 0.429. The van der Waals surface area contributed by atoms with Gasteiger partial charge < -0.3 is 15.7 Å². The van der Waals surface area contributed by atoms with E-state index in [1.165, 1.54) is 13.0 Å². The highest BCUT2D eigenvalue weighted by atomic mass is 19.2. The van der Waals surface area contributed by atoms with Crippen LogP contribution in [-0.2, 0) is 15.1 Å². The maximum Gasteiger partial charge on any atom is 0.290 e. The summed E-state index contributed by atoms with van der Waals surface area (Å²) in [5.74, 6) is -1.91. The minimum absolute atomic E-state index is 0.165. The normalized spacial score (nSPS) is 16.3. The minimum Gasteiger partial charge on any atom is -0.483 e. The fourth-order valence-corrected chi connectivity index (χ4v) is 2.47. The molecule has 21 heavy (non-hydrogen) atoms. The van der Waals surface area contributed by atoms with Gasteiger partial charge in [-0.3, -0.25) is 9.59 Å². The van der Waals surface area contributed by atoms with E-state index in [4.69, 9.17) is 9.90 Å². The van der Waals surface area contributed by atoms with E-state index in [2.05, 4.69) is 10.6 Å². The summed E-state index contributed by atoms with van der Waals surface area (Å²) in [5, 5.41) is 13.0. The number of carbonyl (C=O) groups excluding carboxylic acids is 1. The number of hydrogen-bond acceptors (Lipinski definition) is 3. The van der Waals surface area contributed by atoms with Crippen molar-refractivity contribution < 1.29 is 23.5 Å². The van der Waals surface area contributed by atoms with Crippen LogP contribution in [0.15, 0.2) is 18.2 Å². The van der Waals surface area contributed by atoms with Crippen molar-refractivity contribution in [3.05, 3.63) is 35.4 Å². The Morgan fingerprint density at radius 1 is 1.33 bits per heavy atom. The van der Waals surface area contributed by atoms with Crippen LogP contribution in [0.2, 0.25) is 0 Å². The Bertz CT molecular complexity index is 503. The molecule has 116 valence electrons. The summed E-state index contributed by atoms with van der Waals surface area (Å²) in [7, 11) is 0. The molecule has 0 spiro atoms. The average molecular weight is 300 g/mol. The predicted octanol–water partition coefficient (Wildman–Crippen LogP) is 1.38. The molecule has 1 amide bonds. The summed E-state index contributed by atoms with van der Waals surface area (Å²) in [4.78, 5) is 19.7. The zero-order valence-electron chi connectivity index (χ0n) is 11.7. The summed E-state index contributed by atoms with van der Waals surface area (Å²) >= 11 is 0. The van der Waals surface area contributed by atoms with E-state index < -0.39 is 17.2 Å². The average Bonchev–Trinajstić information content (AvgIpc) is 2.43. The van der Waals surface area contributed by atoms with Crippen LogP contribution in [0.5, 0.6) is 0 Å². The molecule has 0 aliphatic carbocycles. The molecule has 2 rings (SSSR count). The Kier molecular flexibility index (Phi) is 6.23. The molecule has 3 N–H and O–H groups in total. The highest BCUT2D eigenvalue weighted by Crippen LogP contribution is 2.31. The first kappa shape index (κ1) is 17.0. The third kappa shape index (κ3) is 4.49. The lowest BCUT2D eigenvalue weighted by Crippen LogP contribution is -2.51. The standard InChI is InChI=1S/C13H16F2N2O.CH2O2/c1-9(18)17-13(4-6-16-7-5-13)10-2-3-11(14)12(15)8-10;2-1-3/h2-3,8,16H,4-7H2,1H3,(H,17,18);1H,(H,2,3). The summed E-state index contributed by atoms with van der Waals surface area (Å²) in [5.41, 5.74) is 0.0316. The molecule has 0 aromatic heterocycles. The molecule has 0 unspecified atom stereocenters. The van der Waals surface area contributed by atoms with E-state index >= 15 is 0 Å². The summed E-state index contributed by atoms with van der Waals surface area (Å²) in [6.45, 7) is 2.65. The van der Waals surface area contributed by atoms with Gasteiger partial charge in [0.05, 0.1) is 5.54 Å². The Hall–Kier alpha value is -2.02. The smallest absolute Gasteiger partial charge is 0.290 e. The number of amides is 1. The molecule has 0 atom stereocenters. The number of carboxylic acid groups (broad SMARTS) is 1. The van der Waals surface area contributed by atoms with Crippen LogP contribution in [0.4, 0.5) is 8.78 Å². The quantitative estimate of drug-likeness (QED) is 0.721. The molecule has 7 heteroatoms. The van der Waals surface area contributed by atoms with E-state index in [9.17, 15) is 13.6 Å². The molecular formula is C14H18F2N2O3. The molecule has 1 fully saturated rings. The number of nitrogens with one attached hydrogen (secondary N) is 2. The van der Waals surface area contributed by atoms with Gasteiger partial charge in [0.1, 0.15) is 0 Å². The van der Waals surface area contributed by atoms with Gasteiger partial charge in [-0.15, -0.1) is 0 Å². The molecule has 5 nitrogen and oxygen atoms in total. The Labute approximate surface area is 121 Å². The molecule has 1 aromatic carbocycles.